The van der Waals surface area contributed by atoms with E-state index >= 15 is 0 Å². The van der Waals surface area contributed by atoms with Gasteiger partial charge in [-0.1, -0.05) is 0 Å². The van der Waals surface area contributed by atoms with E-state index in [1.54, 1.807) is 0 Å². The summed E-state index contributed by atoms with van der Waals surface area (Å²) in [6, 6.07) is 0.571. The minimum Gasteiger partial charge on any atom is -0.362 e. The Balaban J connectivity index is 2.21. The lowest BCUT2D eigenvalue weighted by Crippen LogP contribution is -2.57. The zero-order valence-corrected chi connectivity index (χ0v) is 11.5. The van der Waals surface area contributed by atoms with E-state index in [1.807, 2.05) is 0 Å². The van der Waals surface area contributed by atoms with E-state index in [0.29, 0.717) is 10.7 Å². The Bertz CT molecular complexity index is 650. The molecule has 12 heteroatoms. The van der Waals surface area contributed by atoms with E-state index < -0.39 is 42.6 Å². The first-order chi connectivity index (χ1) is 10.3. The molecular weight excluding hydrogens is 334 g/mol. The number of rotatable bonds is 2. The van der Waals surface area contributed by atoms with E-state index in [2.05, 4.69) is 10.2 Å². The van der Waals surface area contributed by atoms with E-state index in [9.17, 15) is 36.2 Å². The van der Waals surface area contributed by atoms with Gasteiger partial charge in [-0.25, -0.2) is 0 Å². The van der Waals surface area contributed by atoms with Gasteiger partial charge in [0.25, 0.3) is 11.6 Å². The van der Waals surface area contributed by atoms with Gasteiger partial charge >= 0.3 is 12.4 Å². The van der Waals surface area contributed by atoms with Gasteiger partial charge in [-0.2, -0.15) is 41.6 Å². The second-order valence-electron chi connectivity index (χ2n) is 4.93. The molecule has 6 nitrogen and oxygen atoms in total. The third kappa shape index (κ3) is 3.16. The van der Waals surface area contributed by atoms with Crippen molar-refractivity contribution < 1.29 is 36.2 Å². The van der Waals surface area contributed by atoms with Gasteiger partial charge in [0.1, 0.15) is 6.54 Å². The number of halogens is 6. The van der Waals surface area contributed by atoms with E-state index in [4.69, 9.17) is 0 Å². The molecular formula is C11H10F6N4O2. The number of aliphatic hydroxyl groups is 1. The Hall–Kier alpha value is -2.11. The summed E-state index contributed by atoms with van der Waals surface area (Å²) in [6.07, 6.45) is -10.1. The fraction of sp³-hybridized carbons (Fsp3) is 0.545. The van der Waals surface area contributed by atoms with Crippen molar-refractivity contribution in [1.29, 1.82) is 0 Å². The first kappa shape index (κ1) is 17.2. The number of hydrazone groups is 1. The standard InChI is InChI=1S/C11H10F6N4O2/c1-6-4-9(23,11(15,16)17)21(18-6)8(22)5-20-3-2-7(19-20)10(12,13)14/h2-3,23H,4-5H2,1H3/t9-/m0/s1. The van der Waals surface area contributed by atoms with Crippen molar-refractivity contribution in [3.8, 4) is 0 Å². The lowest BCUT2D eigenvalue weighted by atomic mass is 10.1. The molecule has 1 atom stereocenters. The van der Waals surface area contributed by atoms with Gasteiger partial charge in [0.15, 0.2) is 5.69 Å². The number of aromatic nitrogens is 2. The topological polar surface area (TPSA) is 70.7 Å². The maximum Gasteiger partial charge on any atom is 0.438 e. The van der Waals surface area contributed by atoms with Crippen molar-refractivity contribution in [3.63, 3.8) is 0 Å². The third-order valence-corrected chi connectivity index (χ3v) is 3.04. The summed E-state index contributed by atoms with van der Waals surface area (Å²) in [5.41, 5.74) is -4.96. The van der Waals surface area contributed by atoms with E-state index in [1.165, 1.54) is 6.92 Å². The molecule has 1 N–H and O–H groups in total. The molecule has 0 saturated heterocycles. The molecule has 1 aromatic heterocycles. The first-order valence-electron chi connectivity index (χ1n) is 6.11. The van der Waals surface area contributed by atoms with Crippen LogP contribution in [0.2, 0.25) is 0 Å². The maximum absolute atomic E-state index is 12.9. The molecule has 0 fully saturated rings. The lowest BCUT2D eigenvalue weighted by molar-refractivity contribution is -0.302. The molecule has 1 amide bonds. The Morgan fingerprint density at radius 2 is 1.96 bits per heavy atom. The number of hydrogen-bond acceptors (Lipinski definition) is 4. The van der Waals surface area contributed by atoms with Crippen LogP contribution < -0.4 is 0 Å². The van der Waals surface area contributed by atoms with Crippen molar-refractivity contribution in [1.82, 2.24) is 14.8 Å². The highest BCUT2D eigenvalue weighted by molar-refractivity contribution is 5.89. The zero-order chi connectivity index (χ0) is 17.6. The molecule has 2 rings (SSSR count). The predicted octanol–water partition coefficient (Wildman–Crippen LogP) is 1.76. The number of alkyl halides is 6. The first-order valence-corrected chi connectivity index (χ1v) is 6.11. The van der Waals surface area contributed by atoms with Gasteiger partial charge in [0.05, 0.1) is 0 Å². The van der Waals surface area contributed by atoms with Crippen LogP contribution in [0.25, 0.3) is 0 Å². The van der Waals surface area contributed by atoms with Gasteiger partial charge in [-0.15, -0.1) is 0 Å². The molecule has 0 saturated carbocycles. The average Bonchev–Trinajstić information content (AvgIpc) is 2.93. The smallest absolute Gasteiger partial charge is 0.362 e. The fourth-order valence-corrected chi connectivity index (χ4v) is 2.01. The van der Waals surface area contributed by atoms with Gasteiger partial charge in [0, 0.05) is 18.3 Å². The molecule has 0 radical (unpaired) electrons. The molecule has 0 bridgehead atoms. The third-order valence-electron chi connectivity index (χ3n) is 3.04. The second kappa shape index (κ2) is 5.22. The summed E-state index contributed by atoms with van der Waals surface area (Å²) < 4.78 is 76.5. The summed E-state index contributed by atoms with van der Waals surface area (Å²) >= 11 is 0. The van der Waals surface area contributed by atoms with Crippen LogP contribution in [0, 0.1) is 0 Å². The fourth-order valence-electron chi connectivity index (χ4n) is 2.01. The zero-order valence-electron chi connectivity index (χ0n) is 11.5. The number of carbonyl (C=O) groups is 1. The number of hydrogen-bond donors (Lipinski definition) is 1. The van der Waals surface area contributed by atoms with Gasteiger partial charge in [0.2, 0.25) is 0 Å². The normalized spacial score (nSPS) is 22.4. The van der Waals surface area contributed by atoms with Gasteiger partial charge in [-0.3, -0.25) is 9.48 Å². The molecule has 1 aliphatic heterocycles. The van der Waals surface area contributed by atoms with Crippen molar-refractivity contribution in [2.24, 2.45) is 5.10 Å². The Kier molecular flexibility index (Phi) is 3.91. The lowest BCUT2D eigenvalue weighted by Gasteiger charge is -2.32. The van der Waals surface area contributed by atoms with Gasteiger partial charge in [-0.05, 0) is 13.0 Å². The Morgan fingerprint density at radius 1 is 1.35 bits per heavy atom. The summed E-state index contributed by atoms with van der Waals surface area (Å²) in [5.74, 6) is -1.35. The number of carbonyl (C=O) groups excluding carboxylic acids is 1. The number of nitrogens with zero attached hydrogens (tertiary/aromatic N) is 4. The van der Waals surface area contributed by atoms with Crippen molar-refractivity contribution in [2.45, 2.75) is 38.0 Å². The summed E-state index contributed by atoms with van der Waals surface area (Å²) in [4.78, 5) is 11.9. The molecule has 0 unspecified atom stereocenters. The van der Waals surface area contributed by atoms with Crippen LogP contribution in [0.3, 0.4) is 0 Å². The largest absolute Gasteiger partial charge is 0.438 e. The highest BCUT2D eigenvalue weighted by Crippen LogP contribution is 2.40. The summed E-state index contributed by atoms with van der Waals surface area (Å²) in [7, 11) is 0. The van der Waals surface area contributed by atoms with Crippen LogP contribution in [-0.2, 0) is 17.5 Å². The highest BCUT2D eigenvalue weighted by atomic mass is 19.4. The highest BCUT2D eigenvalue weighted by Gasteiger charge is 2.62. The molecule has 128 valence electrons. The van der Waals surface area contributed by atoms with Crippen LogP contribution >= 0.6 is 0 Å². The Labute approximate surface area is 125 Å². The van der Waals surface area contributed by atoms with E-state index in [-0.39, 0.29) is 10.7 Å². The SMILES string of the molecule is CC1=NN(C(=O)Cn2ccc(C(F)(F)F)n2)[C@@](O)(C(F)(F)F)C1. The van der Waals surface area contributed by atoms with Crippen LogP contribution in [0.15, 0.2) is 17.4 Å². The quantitative estimate of drug-likeness (QED) is 0.831. The van der Waals surface area contributed by atoms with Crippen LogP contribution in [-0.4, -0.2) is 43.4 Å². The molecule has 2 heterocycles. The maximum atomic E-state index is 12.9. The van der Waals surface area contributed by atoms with Crippen molar-refractivity contribution in [3.05, 3.63) is 18.0 Å². The predicted molar refractivity (Wildman–Crippen MR) is 62.8 cm³/mol. The van der Waals surface area contributed by atoms with Gasteiger partial charge < -0.3 is 5.11 Å². The van der Waals surface area contributed by atoms with Crippen LogP contribution in [0.5, 0.6) is 0 Å². The summed E-state index contributed by atoms with van der Waals surface area (Å²) in [5, 5.41) is 15.9. The van der Waals surface area contributed by atoms with E-state index in [0.717, 1.165) is 6.20 Å². The van der Waals surface area contributed by atoms with Crippen molar-refractivity contribution >= 4 is 11.6 Å². The molecule has 1 aromatic rings. The minimum atomic E-state index is -5.18. The van der Waals surface area contributed by atoms with Crippen molar-refractivity contribution in [2.75, 3.05) is 0 Å². The molecule has 1 aliphatic rings. The minimum absolute atomic E-state index is 0.144. The number of amides is 1. The molecule has 0 aromatic carbocycles. The molecule has 23 heavy (non-hydrogen) atoms. The second-order valence-corrected chi connectivity index (χ2v) is 4.93. The van der Waals surface area contributed by atoms with Crippen LogP contribution in [0.4, 0.5) is 26.3 Å². The molecule has 0 aliphatic carbocycles. The van der Waals surface area contributed by atoms with Crippen LogP contribution in [0.1, 0.15) is 19.0 Å². The Morgan fingerprint density at radius 3 is 2.43 bits per heavy atom. The monoisotopic (exact) mass is 344 g/mol. The molecule has 0 spiro atoms. The summed E-state index contributed by atoms with van der Waals surface area (Å²) in [6.45, 7) is 0.241. The average molecular weight is 344 g/mol.